The zero-order chi connectivity index (χ0) is 18.9. The minimum atomic E-state index is -4.59. The number of aliphatic hydroxyl groups is 1. The van der Waals surface area contributed by atoms with Crippen molar-refractivity contribution in [2.75, 3.05) is 7.11 Å². The summed E-state index contributed by atoms with van der Waals surface area (Å²) in [5.74, 6) is 0.684. The molecule has 0 heterocycles. The third-order valence-electron chi connectivity index (χ3n) is 7.64. The molecule has 3 nitrogen and oxygen atoms in total. The molecule has 2 saturated carbocycles. The molecule has 144 valence electrons. The maximum atomic E-state index is 13.7. The van der Waals surface area contributed by atoms with Crippen LogP contribution in [0.2, 0.25) is 0 Å². The van der Waals surface area contributed by atoms with Crippen molar-refractivity contribution in [2.45, 2.75) is 63.1 Å². The first-order valence-corrected chi connectivity index (χ1v) is 9.31. The Morgan fingerprint density at radius 2 is 1.88 bits per heavy atom. The second kappa shape index (κ2) is 5.54. The molecule has 26 heavy (non-hydrogen) atoms. The number of fused-ring (bicyclic) bond motifs is 5. The second-order valence-electron chi connectivity index (χ2n) is 8.49. The lowest BCUT2D eigenvalue weighted by Gasteiger charge is -2.53. The van der Waals surface area contributed by atoms with Gasteiger partial charge in [0.2, 0.25) is 0 Å². The van der Waals surface area contributed by atoms with Crippen LogP contribution in [0.5, 0.6) is 11.5 Å². The molecule has 0 bridgehead atoms. The maximum Gasteiger partial charge on any atom is 0.417 e. The van der Waals surface area contributed by atoms with Gasteiger partial charge in [-0.2, -0.15) is 13.2 Å². The van der Waals surface area contributed by atoms with Gasteiger partial charge in [0.25, 0.3) is 0 Å². The molecule has 1 aromatic rings. The monoisotopic (exact) mass is 370 g/mol. The van der Waals surface area contributed by atoms with Crippen molar-refractivity contribution in [2.24, 2.45) is 17.3 Å². The van der Waals surface area contributed by atoms with E-state index >= 15 is 0 Å². The fourth-order valence-electron chi connectivity index (χ4n) is 6.23. The normalized spacial score (nSPS) is 39.1. The summed E-state index contributed by atoms with van der Waals surface area (Å²) >= 11 is 0. The second-order valence-corrected chi connectivity index (χ2v) is 8.49. The molecule has 0 aliphatic heterocycles. The molecular weight excluding hydrogens is 345 g/mol. The van der Waals surface area contributed by atoms with E-state index in [2.05, 4.69) is 0 Å². The summed E-state index contributed by atoms with van der Waals surface area (Å²) in [7, 11) is 1.50. The number of aryl methyl sites for hydroxylation is 1. The van der Waals surface area contributed by atoms with Crippen molar-refractivity contribution in [3.8, 4) is 11.5 Å². The van der Waals surface area contributed by atoms with Gasteiger partial charge in [-0.05, 0) is 79.5 Å². The number of phenols is 1. The number of hydrogen-bond donors (Lipinski definition) is 2. The van der Waals surface area contributed by atoms with Crippen molar-refractivity contribution in [1.29, 1.82) is 0 Å². The first kappa shape index (κ1) is 18.0. The Morgan fingerprint density at radius 3 is 2.54 bits per heavy atom. The van der Waals surface area contributed by atoms with Gasteiger partial charge in [0, 0.05) is 5.41 Å². The lowest BCUT2D eigenvalue weighted by Crippen LogP contribution is -2.58. The number of hydrogen-bond acceptors (Lipinski definition) is 3. The van der Waals surface area contributed by atoms with Crippen LogP contribution >= 0.6 is 0 Å². The van der Waals surface area contributed by atoms with E-state index in [1.165, 1.54) is 7.11 Å². The molecule has 5 atom stereocenters. The molecule has 1 aromatic carbocycles. The van der Waals surface area contributed by atoms with E-state index in [1.54, 1.807) is 13.0 Å². The van der Waals surface area contributed by atoms with Gasteiger partial charge in [0.15, 0.2) is 17.1 Å². The fourth-order valence-corrected chi connectivity index (χ4v) is 6.23. The van der Waals surface area contributed by atoms with Crippen molar-refractivity contribution in [1.82, 2.24) is 0 Å². The van der Waals surface area contributed by atoms with E-state index in [4.69, 9.17) is 4.74 Å². The molecule has 0 saturated heterocycles. The molecule has 0 aromatic heterocycles. The fraction of sp³-hybridized carbons (Fsp3) is 0.700. The Bertz CT molecular complexity index is 732. The van der Waals surface area contributed by atoms with Crippen molar-refractivity contribution in [3.63, 3.8) is 0 Å². The third-order valence-corrected chi connectivity index (χ3v) is 7.64. The average Bonchev–Trinajstić information content (AvgIpc) is 2.86. The van der Waals surface area contributed by atoms with Gasteiger partial charge >= 0.3 is 6.18 Å². The highest BCUT2D eigenvalue weighted by molar-refractivity contribution is 5.49. The number of rotatable bonds is 1. The summed E-state index contributed by atoms with van der Waals surface area (Å²) < 4.78 is 46.3. The molecular formula is C20H25F3O3. The Morgan fingerprint density at radius 1 is 1.15 bits per heavy atom. The smallest absolute Gasteiger partial charge is 0.417 e. The van der Waals surface area contributed by atoms with E-state index in [9.17, 15) is 23.4 Å². The van der Waals surface area contributed by atoms with Gasteiger partial charge in [0.1, 0.15) is 0 Å². The predicted octanol–water partition coefficient (Wildman–Crippen LogP) is 4.55. The van der Waals surface area contributed by atoms with Gasteiger partial charge < -0.3 is 14.9 Å². The van der Waals surface area contributed by atoms with Gasteiger partial charge in [-0.1, -0.05) is 6.92 Å². The quantitative estimate of drug-likeness (QED) is 0.762. The summed E-state index contributed by atoms with van der Waals surface area (Å²) in [5, 5.41) is 20.6. The molecule has 2 fully saturated rings. The minimum Gasteiger partial charge on any atom is -0.504 e. The average molecular weight is 370 g/mol. The first-order valence-electron chi connectivity index (χ1n) is 9.31. The summed E-state index contributed by atoms with van der Waals surface area (Å²) in [5.41, 5.74) is -1.54. The number of methoxy groups -OCH3 is 1. The maximum absolute atomic E-state index is 13.7. The van der Waals surface area contributed by atoms with Gasteiger partial charge in [-0.25, -0.2) is 0 Å². The van der Waals surface area contributed by atoms with E-state index in [0.717, 1.165) is 24.0 Å². The van der Waals surface area contributed by atoms with Crippen molar-refractivity contribution in [3.05, 3.63) is 23.3 Å². The highest BCUT2D eigenvalue weighted by Gasteiger charge is 2.71. The Balaban J connectivity index is 1.72. The van der Waals surface area contributed by atoms with Gasteiger partial charge in [-0.3, -0.25) is 0 Å². The van der Waals surface area contributed by atoms with Crippen LogP contribution in [-0.4, -0.2) is 29.1 Å². The number of aromatic hydroxyl groups is 1. The first-order chi connectivity index (χ1) is 12.1. The van der Waals surface area contributed by atoms with Crippen LogP contribution in [0.25, 0.3) is 0 Å². The number of ether oxygens (including phenoxy) is 1. The molecule has 4 rings (SSSR count). The number of alkyl halides is 3. The Labute approximate surface area is 151 Å². The summed E-state index contributed by atoms with van der Waals surface area (Å²) in [6.07, 6.45) is -1.85. The SMILES string of the molecule is COc1cc2c(cc1O)CC[C@@H]1[C@@H]2CC[C@@]2(C)[C@H]1CC[C@@]2(O)C(F)(F)F. The summed E-state index contributed by atoms with van der Waals surface area (Å²) in [6, 6.07) is 3.59. The number of phenolic OH excluding ortho intramolecular Hbond substituents is 1. The highest BCUT2D eigenvalue weighted by atomic mass is 19.4. The minimum absolute atomic E-state index is 0.109. The zero-order valence-corrected chi connectivity index (χ0v) is 15.1. The number of halogens is 3. The van der Waals surface area contributed by atoms with Crippen LogP contribution < -0.4 is 4.74 Å². The van der Waals surface area contributed by atoms with E-state index in [1.807, 2.05) is 6.07 Å². The molecule has 0 unspecified atom stereocenters. The molecule has 3 aliphatic carbocycles. The predicted molar refractivity (Wildman–Crippen MR) is 90.3 cm³/mol. The molecule has 3 aliphatic rings. The lowest BCUT2D eigenvalue weighted by molar-refractivity contribution is -0.300. The van der Waals surface area contributed by atoms with Crippen LogP contribution in [0.15, 0.2) is 12.1 Å². The Kier molecular flexibility index (Phi) is 3.82. The molecule has 0 radical (unpaired) electrons. The summed E-state index contributed by atoms with van der Waals surface area (Å²) in [6.45, 7) is 1.64. The van der Waals surface area contributed by atoms with Crippen LogP contribution in [0.1, 0.15) is 56.1 Å². The van der Waals surface area contributed by atoms with E-state index in [-0.39, 0.29) is 29.9 Å². The van der Waals surface area contributed by atoms with Gasteiger partial charge in [-0.15, -0.1) is 0 Å². The lowest BCUT2D eigenvalue weighted by atomic mass is 9.53. The molecule has 0 amide bonds. The standard InChI is InChI=1S/C20H25F3O3/c1-18-7-5-12-13(15(18)6-8-19(18,25)20(21,22)23)4-3-11-9-16(24)17(26-2)10-14(11)12/h9-10,12-13,15,24-25H,3-8H2,1-2H3/t12-,13+,15-,18-,19-/m0/s1. The summed E-state index contributed by atoms with van der Waals surface area (Å²) in [4.78, 5) is 0. The van der Waals surface area contributed by atoms with Gasteiger partial charge in [0.05, 0.1) is 7.11 Å². The van der Waals surface area contributed by atoms with Crippen molar-refractivity contribution < 1.29 is 28.1 Å². The zero-order valence-electron chi connectivity index (χ0n) is 15.1. The molecule has 6 heteroatoms. The van der Waals surface area contributed by atoms with Crippen LogP contribution in [0, 0.1) is 17.3 Å². The van der Waals surface area contributed by atoms with Crippen LogP contribution in [-0.2, 0) is 6.42 Å². The Hall–Kier alpha value is -1.43. The largest absolute Gasteiger partial charge is 0.504 e. The molecule has 2 N–H and O–H groups in total. The number of benzene rings is 1. The van der Waals surface area contributed by atoms with Crippen molar-refractivity contribution >= 4 is 0 Å². The third kappa shape index (κ3) is 2.17. The van der Waals surface area contributed by atoms with Crippen LogP contribution in [0.3, 0.4) is 0 Å². The van der Waals surface area contributed by atoms with Crippen LogP contribution in [0.4, 0.5) is 13.2 Å². The highest BCUT2D eigenvalue weighted by Crippen LogP contribution is 2.67. The van der Waals surface area contributed by atoms with E-state index < -0.39 is 17.2 Å². The van der Waals surface area contributed by atoms with E-state index in [0.29, 0.717) is 25.0 Å². The molecule has 0 spiro atoms. The topological polar surface area (TPSA) is 49.7 Å².